The second-order valence-electron chi connectivity index (χ2n) is 5.59. The van der Waals surface area contributed by atoms with Crippen molar-refractivity contribution in [2.75, 3.05) is 7.11 Å². The number of aryl methyl sites for hydroxylation is 4. The number of methoxy groups -OCH3 is 1. The van der Waals surface area contributed by atoms with E-state index in [4.69, 9.17) is 4.74 Å². The average molecular weight is 291 g/mol. The van der Waals surface area contributed by atoms with Crippen LogP contribution in [-0.2, 0) is 20.1 Å². The Morgan fingerprint density at radius 2 is 2.00 bits per heavy atom. The summed E-state index contributed by atoms with van der Waals surface area (Å²) in [6, 6.07) is 2.41. The number of aromatic nitrogens is 4. The first kappa shape index (κ1) is 15.6. The molecule has 0 bridgehead atoms. The average Bonchev–Trinajstić information content (AvgIpc) is 2.86. The van der Waals surface area contributed by atoms with Gasteiger partial charge in [0.2, 0.25) is 5.88 Å². The Morgan fingerprint density at radius 1 is 1.29 bits per heavy atom. The molecule has 0 aliphatic carbocycles. The molecule has 2 aromatic rings. The highest BCUT2D eigenvalue weighted by Crippen LogP contribution is 2.20. The van der Waals surface area contributed by atoms with Crippen LogP contribution in [0, 0.1) is 20.8 Å². The fraction of sp³-hybridized carbons (Fsp3) is 0.600. The van der Waals surface area contributed by atoms with Gasteiger partial charge in [0.15, 0.2) is 0 Å². The molecule has 21 heavy (non-hydrogen) atoms. The molecule has 0 amide bonds. The molecule has 6 nitrogen and oxygen atoms in total. The number of ether oxygens (including phenoxy) is 1. The highest BCUT2D eigenvalue weighted by atomic mass is 16.5. The third kappa shape index (κ3) is 3.44. The molecule has 1 atom stereocenters. The van der Waals surface area contributed by atoms with E-state index >= 15 is 0 Å². The van der Waals surface area contributed by atoms with Crippen LogP contribution in [0.5, 0.6) is 5.88 Å². The molecular weight excluding hydrogens is 266 g/mol. The summed E-state index contributed by atoms with van der Waals surface area (Å²) in [4.78, 5) is 0. The summed E-state index contributed by atoms with van der Waals surface area (Å²) in [6.07, 6.45) is 0. The minimum atomic E-state index is 0.312. The van der Waals surface area contributed by atoms with E-state index in [-0.39, 0.29) is 0 Å². The van der Waals surface area contributed by atoms with Crippen LogP contribution in [0.1, 0.15) is 29.6 Å². The van der Waals surface area contributed by atoms with Crippen LogP contribution < -0.4 is 10.1 Å². The molecule has 2 heterocycles. The van der Waals surface area contributed by atoms with Gasteiger partial charge in [-0.15, -0.1) is 0 Å². The predicted molar refractivity (Wildman–Crippen MR) is 82.5 cm³/mol. The van der Waals surface area contributed by atoms with Crippen LogP contribution in [0.2, 0.25) is 0 Å². The van der Waals surface area contributed by atoms with Crippen LogP contribution in [0.25, 0.3) is 0 Å². The number of nitrogens with one attached hydrogen (secondary N) is 1. The van der Waals surface area contributed by atoms with Crippen molar-refractivity contribution in [2.45, 2.75) is 46.8 Å². The van der Waals surface area contributed by atoms with Gasteiger partial charge >= 0.3 is 0 Å². The molecular formula is C15H25N5O. The van der Waals surface area contributed by atoms with Crippen LogP contribution in [-0.4, -0.2) is 32.7 Å². The zero-order valence-corrected chi connectivity index (χ0v) is 13.8. The minimum absolute atomic E-state index is 0.312. The van der Waals surface area contributed by atoms with Crippen molar-refractivity contribution in [1.82, 2.24) is 24.9 Å². The van der Waals surface area contributed by atoms with Gasteiger partial charge in [0.25, 0.3) is 0 Å². The second-order valence-corrected chi connectivity index (χ2v) is 5.59. The Hall–Kier alpha value is -1.82. The molecule has 2 rings (SSSR count). The summed E-state index contributed by atoms with van der Waals surface area (Å²) >= 11 is 0. The van der Waals surface area contributed by atoms with E-state index in [0.29, 0.717) is 6.04 Å². The van der Waals surface area contributed by atoms with Gasteiger partial charge in [-0.25, -0.2) is 4.68 Å². The first-order valence-corrected chi connectivity index (χ1v) is 7.23. The maximum atomic E-state index is 5.41. The number of hydrogen-bond acceptors (Lipinski definition) is 4. The van der Waals surface area contributed by atoms with E-state index in [1.165, 1.54) is 5.69 Å². The Kier molecular flexibility index (Phi) is 4.67. The lowest BCUT2D eigenvalue weighted by molar-refractivity contribution is 0.365. The number of nitrogens with zero attached hydrogens (tertiary/aromatic N) is 4. The number of rotatable bonds is 6. The van der Waals surface area contributed by atoms with Gasteiger partial charge in [0.1, 0.15) is 0 Å². The summed E-state index contributed by atoms with van der Waals surface area (Å²) in [7, 11) is 3.58. The highest BCUT2D eigenvalue weighted by molar-refractivity contribution is 5.30. The lowest BCUT2D eigenvalue weighted by Crippen LogP contribution is -2.31. The van der Waals surface area contributed by atoms with E-state index in [1.54, 1.807) is 11.8 Å². The predicted octanol–water partition coefficient (Wildman–Crippen LogP) is 1.73. The zero-order valence-electron chi connectivity index (χ0n) is 13.8. The van der Waals surface area contributed by atoms with Crippen molar-refractivity contribution < 1.29 is 4.74 Å². The van der Waals surface area contributed by atoms with Crippen molar-refractivity contribution in [3.05, 3.63) is 28.7 Å². The van der Waals surface area contributed by atoms with E-state index < -0.39 is 0 Å². The Labute approximate surface area is 126 Å². The maximum absolute atomic E-state index is 5.41. The van der Waals surface area contributed by atoms with Crippen LogP contribution in [0.3, 0.4) is 0 Å². The Balaban J connectivity index is 1.98. The van der Waals surface area contributed by atoms with Gasteiger partial charge in [-0.05, 0) is 33.8 Å². The summed E-state index contributed by atoms with van der Waals surface area (Å²) < 4.78 is 9.23. The number of hydrogen-bond donors (Lipinski definition) is 1. The maximum Gasteiger partial charge on any atom is 0.216 e. The molecule has 0 aromatic carbocycles. The van der Waals surface area contributed by atoms with Gasteiger partial charge in [-0.3, -0.25) is 4.68 Å². The quantitative estimate of drug-likeness (QED) is 0.880. The van der Waals surface area contributed by atoms with Crippen LogP contribution in [0.4, 0.5) is 0 Å². The fourth-order valence-corrected chi connectivity index (χ4v) is 2.60. The van der Waals surface area contributed by atoms with Gasteiger partial charge in [0.05, 0.1) is 30.6 Å². The molecule has 0 radical (unpaired) electrons. The molecule has 0 unspecified atom stereocenters. The van der Waals surface area contributed by atoms with Crippen molar-refractivity contribution in [2.24, 2.45) is 7.05 Å². The molecule has 0 aliphatic rings. The first-order chi connectivity index (χ1) is 9.92. The summed E-state index contributed by atoms with van der Waals surface area (Å²) in [5, 5.41) is 12.4. The molecule has 116 valence electrons. The molecule has 0 saturated heterocycles. The van der Waals surface area contributed by atoms with Gasteiger partial charge in [-0.1, -0.05) is 0 Å². The van der Waals surface area contributed by atoms with Crippen molar-refractivity contribution in [3.8, 4) is 5.88 Å². The molecule has 2 aromatic heterocycles. The van der Waals surface area contributed by atoms with Crippen molar-refractivity contribution in [1.29, 1.82) is 0 Å². The monoisotopic (exact) mass is 291 g/mol. The molecule has 0 aliphatic heterocycles. The Bertz CT molecular complexity index is 614. The standard InChI is InChI=1S/C15H25N5O/c1-10-7-12(3)20(17-10)9-11(2)16-8-14-13(4)18-19(5)15(14)21-6/h7,11,16H,8-9H2,1-6H3/t11-/m0/s1. The molecule has 6 heteroatoms. The first-order valence-electron chi connectivity index (χ1n) is 7.23. The minimum Gasteiger partial charge on any atom is -0.481 e. The third-order valence-corrected chi connectivity index (χ3v) is 3.66. The normalized spacial score (nSPS) is 12.7. The largest absolute Gasteiger partial charge is 0.481 e. The highest BCUT2D eigenvalue weighted by Gasteiger charge is 2.15. The lowest BCUT2D eigenvalue weighted by Gasteiger charge is -2.15. The van der Waals surface area contributed by atoms with Gasteiger partial charge < -0.3 is 10.1 Å². The summed E-state index contributed by atoms with van der Waals surface area (Å²) in [5.74, 6) is 0.818. The molecule has 0 fully saturated rings. The molecule has 1 N–H and O–H groups in total. The van der Waals surface area contributed by atoms with E-state index in [1.807, 2.05) is 25.6 Å². The van der Waals surface area contributed by atoms with Gasteiger partial charge in [-0.2, -0.15) is 10.2 Å². The molecule has 0 spiro atoms. The SMILES string of the molecule is COc1c(CN[C@@H](C)Cn2nc(C)cc2C)c(C)nn1C. The van der Waals surface area contributed by atoms with Crippen LogP contribution >= 0.6 is 0 Å². The molecule has 0 saturated carbocycles. The van der Waals surface area contributed by atoms with Crippen molar-refractivity contribution in [3.63, 3.8) is 0 Å². The summed E-state index contributed by atoms with van der Waals surface area (Å²) in [5.41, 5.74) is 4.36. The van der Waals surface area contributed by atoms with E-state index in [0.717, 1.165) is 35.9 Å². The van der Waals surface area contributed by atoms with E-state index in [2.05, 4.69) is 35.4 Å². The third-order valence-electron chi connectivity index (χ3n) is 3.66. The summed E-state index contributed by atoms with van der Waals surface area (Å²) in [6.45, 7) is 9.86. The topological polar surface area (TPSA) is 56.9 Å². The smallest absolute Gasteiger partial charge is 0.216 e. The van der Waals surface area contributed by atoms with Crippen LogP contribution in [0.15, 0.2) is 6.07 Å². The fourth-order valence-electron chi connectivity index (χ4n) is 2.60. The zero-order chi connectivity index (χ0) is 15.6. The van der Waals surface area contributed by atoms with E-state index in [9.17, 15) is 0 Å². The lowest BCUT2D eigenvalue weighted by atomic mass is 10.2. The second kappa shape index (κ2) is 6.30. The van der Waals surface area contributed by atoms with Crippen molar-refractivity contribution >= 4 is 0 Å². The van der Waals surface area contributed by atoms with Gasteiger partial charge in [0, 0.05) is 25.3 Å². The Morgan fingerprint density at radius 3 is 2.57 bits per heavy atom.